The van der Waals surface area contributed by atoms with Gasteiger partial charge in [0.25, 0.3) is 0 Å². The Morgan fingerprint density at radius 3 is 1.83 bits per heavy atom. The lowest BCUT2D eigenvalue weighted by molar-refractivity contribution is 0.0494. The number of carbonyl (C=O) groups is 4. The number of phenols is 2. The number of phenolic OH excluding ortho intramolecular Hbond substituents is 2. The summed E-state index contributed by atoms with van der Waals surface area (Å²) in [4.78, 5) is 53.3. The minimum Gasteiger partial charge on any atom is -0.507 e. The second-order valence-electron chi connectivity index (χ2n) is 14.1. The van der Waals surface area contributed by atoms with E-state index in [-0.39, 0.29) is 39.5 Å². The molecule has 0 saturated carbocycles. The number of hydrogen-bond acceptors (Lipinski definition) is 9. The lowest BCUT2D eigenvalue weighted by atomic mass is 9.97. The van der Waals surface area contributed by atoms with E-state index in [0.717, 1.165) is 88.8 Å². The number of ether oxygens (including phenoxy) is 1. The highest BCUT2D eigenvalue weighted by molar-refractivity contribution is 6.15. The van der Waals surface area contributed by atoms with E-state index >= 15 is 0 Å². The van der Waals surface area contributed by atoms with Crippen molar-refractivity contribution in [1.82, 2.24) is 0 Å². The van der Waals surface area contributed by atoms with Crippen LogP contribution in [-0.2, 0) is 11.2 Å². The number of benzene rings is 4. The Bertz CT molecular complexity index is 1920. The van der Waals surface area contributed by atoms with Gasteiger partial charge in [-0.1, -0.05) is 87.6 Å². The van der Waals surface area contributed by atoms with Gasteiger partial charge in [-0.25, -0.2) is 9.59 Å². The van der Waals surface area contributed by atoms with Crippen molar-refractivity contribution in [2.45, 2.75) is 98.8 Å². The molecule has 0 spiro atoms. The zero-order chi connectivity index (χ0) is 42.5. The number of unbranched alkanes of at least 4 members (excludes halogenated alkanes) is 6. The van der Waals surface area contributed by atoms with Gasteiger partial charge in [-0.05, 0) is 83.7 Å². The van der Waals surface area contributed by atoms with Crippen molar-refractivity contribution < 1.29 is 39.2 Å². The van der Waals surface area contributed by atoms with Crippen LogP contribution in [0.4, 0.5) is 11.4 Å². The van der Waals surface area contributed by atoms with Gasteiger partial charge in [0.05, 0.1) is 29.0 Å². The maximum absolute atomic E-state index is 13.0. The van der Waals surface area contributed by atoms with Gasteiger partial charge in [-0.15, -0.1) is 0 Å². The number of nitrogens with zero attached hydrogens (tertiary/aromatic N) is 2. The smallest absolute Gasteiger partial charge is 0.338 e. The summed E-state index contributed by atoms with van der Waals surface area (Å²) >= 11 is 0. The first-order chi connectivity index (χ1) is 28.0. The third-order valence-corrected chi connectivity index (χ3v) is 10.2. The van der Waals surface area contributed by atoms with Crippen LogP contribution in [0.5, 0.6) is 11.5 Å². The van der Waals surface area contributed by atoms with E-state index in [1.54, 1.807) is 48.5 Å². The molecular formula is C48H62N2O8. The van der Waals surface area contributed by atoms with Crippen LogP contribution in [0.2, 0.25) is 0 Å². The zero-order valence-electron chi connectivity index (χ0n) is 35.0. The van der Waals surface area contributed by atoms with Crippen LogP contribution in [-0.4, -0.2) is 71.6 Å². The minimum absolute atomic E-state index is 0.0767. The van der Waals surface area contributed by atoms with Crippen LogP contribution < -0.4 is 9.80 Å². The normalized spacial score (nSPS) is 10.6. The average molecular weight is 795 g/mol. The van der Waals surface area contributed by atoms with Gasteiger partial charge in [0, 0.05) is 61.0 Å². The SMILES string of the molecule is CCCCCCOC(=O)c1ccccc1C(=O)c1ccc(N(CC)CC)cc1O.CCN(CC)c1ccc(C(=O)O)c(CCCCCCC(=O)c2ccccc2)c1O. The Morgan fingerprint density at radius 2 is 1.21 bits per heavy atom. The number of rotatable bonds is 23. The number of Topliss-reactive ketones (excluding diaryl/α,β-unsaturated/α-hetero) is 1. The number of carbonyl (C=O) groups excluding carboxylic acids is 3. The van der Waals surface area contributed by atoms with Crippen LogP contribution in [0.25, 0.3) is 0 Å². The molecule has 0 radical (unpaired) electrons. The summed E-state index contributed by atoms with van der Waals surface area (Å²) in [5.41, 5.74) is 3.57. The number of carboxylic acids is 1. The van der Waals surface area contributed by atoms with Gasteiger partial charge < -0.3 is 29.9 Å². The van der Waals surface area contributed by atoms with E-state index in [9.17, 15) is 34.5 Å². The van der Waals surface area contributed by atoms with Gasteiger partial charge in [0.1, 0.15) is 11.5 Å². The molecule has 0 saturated heterocycles. The van der Waals surface area contributed by atoms with E-state index in [1.165, 1.54) is 0 Å². The molecule has 0 amide bonds. The first-order valence-corrected chi connectivity index (χ1v) is 20.8. The second kappa shape index (κ2) is 24.9. The summed E-state index contributed by atoms with van der Waals surface area (Å²) in [6.07, 6.45) is 8.44. The van der Waals surface area contributed by atoms with E-state index < -0.39 is 17.7 Å². The van der Waals surface area contributed by atoms with E-state index in [0.29, 0.717) is 30.7 Å². The van der Waals surface area contributed by atoms with Crippen LogP contribution >= 0.6 is 0 Å². The Labute approximate surface area is 344 Å². The zero-order valence-corrected chi connectivity index (χ0v) is 35.0. The van der Waals surface area contributed by atoms with Crippen LogP contribution in [0.1, 0.15) is 145 Å². The summed E-state index contributed by atoms with van der Waals surface area (Å²) in [6, 6.07) is 24.2. The largest absolute Gasteiger partial charge is 0.507 e. The lowest BCUT2D eigenvalue weighted by Gasteiger charge is -2.24. The van der Waals surface area contributed by atoms with Crippen molar-refractivity contribution in [3.8, 4) is 11.5 Å². The standard InChI is InChI=1S/2C24H31NO4/c1-4-7-8-11-16-29-24(28)20-13-10-9-12-19(20)23(27)21-15-14-18(17-22(21)26)25(5-2)6-3;1-3-25(4-2)21-17-16-20(24(28)29)19(23(21)27)14-10-5-6-11-15-22(26)18-12-8-7-9-13-18/h9-10,12-15,17,26H,4-8,11,16H2,1-3H3;7-9,12-13,16-17,27H,3-6,10-11,14-15H2,1-2H3,(H,28,29). The van der Waals surface area contributed by atoms with Crippen molar-refractivity contribution in [2.24, 2.45) is 0 Å². The molecule has 3 N–H and O–H groups in total. The fourth-order valence-electron chi connectivity index (χ4n) is 6.88. The van der Waals surface area contributed by atoms with Crippen molar-refractivity contribution in [3.63, 3.8) is 0 Å². The van der Waals surface area contributed by atoms with Gasteiger partial charge >= 0.3 is 11.9 Å². The number of aromatic carboxylic acids is 1. The van der Waals surface area contributed by atoms with Crippen molar-refractivity contribution in [2.75, 3.05) is 42.6 Å². The first-order valence-electron chi connectivity index (χ1n) is 20.8. The molecular weight excluding hydrogens is 733 g/mol. The average Bonchev–Trinajstić information content (AvgIpc) is 3.24. The number of carboxylic acid groups (broad SMARTS) is 1. The highest BCUT2D eigenvalue weighted by atomic mass is 16.5. The Balaban J connectivity index is 0.000000310. The molecule has 0 aliphatic heterocycles. The molecule has 58 heavy (non-hydrogen) atoms. The van der Waals surface area contributed by atoms with E-state index in [4.69, 9.17) is 4.74 Å². The van der Waals surface area contributed by atoms with Crippen molar-refractivity contribution >= 4 is 34.9 Å². The highest BCUT2D eigenvalue weighted by Crippen LogP contribution is 2.35. The fraction of sp³-hybridized carbons (Fsp3) is 0.417. The monoisotopic (exact) mass is 794 g/mol. The number of hydrogen-bond donors (Lipinski definition) is 3. The van der Waals surface area contributed by atoms with E-state index in [2.05, 4.69) is 11.8 Å². The summed E-state index contributed by atoms with van der Waals surface area (Å²) in [5.74, 6) is -1.79. The molecule has 0 heterocycles. The first kappa shape index (κ1) is 46.7. The molecule has 0 fully saturated rings. The maximum atomic E-state index is 13.0. The summed E-state index contributed by atoms with van der Waals surface area (Å²) in [5, 5.41) is 30.6. The summed E-state index contributed by atoms with van der Waals surface area (Å²) < 4.78 is 5.35. The lowest BCUT2D eigenvalue weighted by Crippen LogP contribution is -2.22. The number of aromatic hydroxyl groups is 2. The second-order valence-corrected chi connectivity index (χ2v) is 14.1. The molecule has 4 aromatic rings. The van der Waals surface area contributed by atoms with Gasteiger partial charge in [0.15, 0.2) is 11.6 Å². The Hall–Kier alpha value is -5.64. The third-order valence-electron chi connectivity index (χ3n) is 10.2. The van der Waals surface area contributed by atoms with Gasteiger partial charge in [0.2, 0.25) is 0 Å². The molecule has 10 heteroatoms. The van der Waals surface area contributed by atoms with Crippen LogP contribution in [0, 0.1) is 0 Å². The van der Waals surface area contributed by atoms with Gasteiger partial charge in [-0.2, -0.15) is 0 Å². The molecule has 0 aliphatic rings. The third kappa shape index (κ3) is 13.5. The van der Waals surface area contributed by atoms with Crippen molar-refractivity contribution in [3.05, 3.63) is 118 Å². The molecule has 0 aromatic heterocycles. The molecule has 0 atom stereocenters. The summed E-state index contributed by atoms with van der Waals surface area (Å²) in [6.45, 7) is 13.6. The number of esters is 1. The van der Waals surface area contributed by atoms with Crippen LogP contribution in [0.15, 0.2) is 84.9 Å². The predicted molar refractivity (Wildman–Crippen MR) is 232 cm³/mol. The quantitative estimate of drug-likeness (QED) is 0.0377. The molecule has 0 bridgehead atoms. The molecule has 0 unspecified atom stereocenters. The van der Waals surface area contributed by atoms with Crippen molar-refractivity contribution in [1.29, 1.82) is 0 Å². The van der Waals surface area contributed by atoms with Crippen LogP contribution in [0.3, 0.4) is 0 Å². The Kier molecular flexibility index (Phi) is 20.0. The highest BCUT2D eigenvalue weighted by Gasteiger charge is 2.22. The van der Waals surface area contributed by atoms with E-state index in [1.807, 2.05) is 69.0 Å². The number of ketones is 2. The summed E-state index contributed by atoms with van der Waals surface area (Å²) in [7, 11) is 0. The Morgan fingerprint density at radius 1 is 0.603 bits per heavy atom. The molecule has 4 aromatic carbocycles. The maximum Gasteiger partial charge on any atom is 0.338 e. The predicted octanol–water partition coefficient (Wildman–Crippen LogP) is 10.5. The minimum atomic E-state index is -1.02. The molecule has 10 nitrogen and oxygen atoms in total. The topological polar surface area (TPSA) is 145 Å². The molecule has 312 valence electrons. The molecule has 4 rings (SSSR count). The molecule has 0 aliphatic carbocycles. The van der Waals surface area contributed by atoms with Gasteiger partial charge in [-0.3, -0.25) is 9.59 Å². The number of anilines is 2. The fourth-order valence-corrected chi connectivity index (χ4v) is 6.88.